The lowest BCUT2D eigenvalue weighted by Gasteiger charge is -2.35. The number of ether oxygens (including phenoxy) is 1. The summed E-state index contributed by atoms with van der Waals surface area (Å²) in [5.74, 6) is 0.0509. The van der Waals surface area contributed by atoms with E-state index in [-0.39, 0.29) is 11.9 Å². The highest BCUT2D eigenvalue weighted by atomic mass is 16.5. The molecule has 0 fully saturated rings. The van der Waals surface area contributed by atoms with E-state index >= 15 is 0 Å². The Kier molecular flexibility index (Phi) is 3.69. The second kappa shape index (κ2) is 5.09. The van der Waals surface area contributed by atoms with Gasteiger partial charge in [-0.15, -0.1) is 0 Å². The van der Waals surface area contributed by atoms with Gasteiger partial charge in [-0.05, 0) is 51.7 Å². The van der Waals surface area contributed by atoms with E-state index in [1.807, 2.05) is 33.0 Å². The molecule has 0 saturated heterocycles. The highest BCUT2D eigenvalue weighted by Crippen LogP contribution is 2.43. The Labute approximate surface area is 109 Å². The molecule has 0 aliphatic heterocycles. The van der Waals surface area contributed by atoms with Crippen LogP contribution in [0.15, 0.2) is 18.3 Å². The van der Waals surface area contributed by atoms with Gasteiger partial charge in [0.25, 0.3) is 0 Å². The molecule has 0 saturated carbocycles. The van der Waals surface area contributed by atoms with Crippen LogP contribution < -0.4 is 0 Å². The lowest BCUT2D eigenvalue weighted by atomic mass is 9.70. The summed E-state index contributed by atoms with van der Waals surface area (Å²) in [4.78, 5) is 16.6. The van der Waals surface area contributed by atoms with Gasteiger partial charge in [0.05, 0.1) is 12.0 Å². The van der Waals surface area contributed by atoms with Crippen molar-refractivity contribution < 1.29 is 9.53 Å². The molecular formula is C15H21NO2. The van der Waals surface area contributed by atoms with Gasteiger partial charge in [0, 0.05) is 17.8 Å². The highest BCUT2D eigenvalue weighted by molar-refractivity contribution is 5.77. The molecule has 1 aromatic heterocycles. The second-order valence-electron chi connectivity index (χ2n) is 5.43. The van der Waals surface area contributed by atoms with Crippen molar-refractivity contribution in [2.24, 2.45) is 5.41 Å². The predicted molar refractivity (Wildman–Crippen MR) is 70.3 cm³/mol. The zero-order valence-electron chi connectivity index (χ0n) is 11.4. The Morgan fingerprint density at radius 2 is 2.33 bits per heavy atom. The zero-order chi connectivity index (χ0) is 13.2. The number of nitrogens with zero attached hydrogens (tertiary/aromatic N) is 1. The van der Waals surface area contributed by atoms with Crippen molar-refractivity contribution in [2.45, 2.75) is 46.0 Å². The van der Waals surface area contributed by atoms with Crippen LogP contribution in [-0.4, -0.2) is 17.6 Å². The predicted octanol–water partition coefficient (Wildman–Crippen LogP) is 3.09. The fourth-order valence-corrected chi connectivity index (χ4v) is 2.77. The lowest BCUT2D eigenvalue weighted by Crippen LogP contribution is -2.35. The van der Waals surface area contributed by atoms with Crippen LogP contribution in [0, 0.1) is 5.41 Å². The molecule has 1 aliphatic rings. The number of carbonyl (C=O) groups excluding carboxylic acids is 1. The molecule has 0 amide bonds. The summed E-state index contributed by atoms with van der Waals surface area (Å²) in [6.45, 7) is 6.23. The molecule has 98 valence electrons. The fraction of sp³-hybridized carbons (Fsp3) is 0.600. The van der Waals surface area contributed by atoms with E-state index in [0.29, 0.717) is 6.61 Å². The van der Waals surface area contributed by atoms with Crippen molar-refractivity contribution in [1.29, 1.82) is 0 Å². The van der Waals surface area contributed by atoms with Crippen LogP contribution in [-0.2, 0) is 16.0 Å². The summed E-state index contributed by atoms with van der Waals surface area (Å²) in [7, 11) is 0. The van der Waals surface area contributed by atoms with Crippen molar-refractivity contribution in [2.75, 3.05) is 6.61 Å². The van der Waals surface area contributed by atoms with E-state index < -0.39 is 5.41 Å². The van der Waals surface area contributed by atoms with Crippen LogP contribution in [0.4, 0.5) is 0 Å². The quantitative estimate of drug-likeness (QED) is 0.770. The largest absolute Gasteiger partial charge is 0.466 e. The average molecular weight is 247 g/mol. The molecule has 0 radical (unpaired) electrons. The summed E-state index contributed by atoms with van der Waals surface area (Å²) in [5.41, 5.74) is 1.87. The number of hydrogen-bond acceptors (Lipinski definition) is 3. The van der Waals surface area contributed by atoms with Gasteiger partial charge in [0.15, 0.2) is 0 Å². The monoisotopic (exact) mass is 247 g/mol. The Morgan fingerprint density at radius 1 is 1.56 bits per heavy atom. The Bertz CT molecular complexity index is 440. The number of esters is 1. The van der Waals surface area contributed by atoms with Crippen LogP contribution in [0.2, 0.25) is 0 Å². The summed E-state index contributed by atoms with van der Waals surface area (Å²) in [5, 5.41) is 0. The molecule has 1 aromatic rings. The second-order valence-corrected chi connectivity index (χ2v) is 5.43. The van der Waals surface area contributed by atoms with Crippen molar-refractivity contribution in [3.63, 3.8) is 0 Å². The standard InChI is InChI=1S/C15H21NO2/c1-4-18-14(17)15(2,3)12-9-5-7-11-8-6-10-16-13(11)12/h6,8,10,12H,4-5,7,9H2,1-3H3. The molecule has 3 nitrogen and oxygen atoms in total. The van der Waals surface area contributed by atoms with E-state index in [4.69, 9.17) is 4.74 Å². The third-order valence-electron chi connectivity index (χ3n) is 3.87. The summed E-state index contributed by atoms with van der Waals surface area (Å²) in [6, 6.07) is 4.09. The lowest BCUT2D eigenvalue weighted by molar-refractivity contribution is -0.155. The summed E-state index contributed by atoms with van der Waals surface area (Å²) in [6.07, 6.45) is 5.01. The van der Waals surface area contributed by atoms with Gasteiger partial charge in [-0.25, -0.2) is 0 Å². The molecule has 0 bridgehead atoms. The number of fused-ring (bicyclic) bond motifs is 1. The van der Waals surface area contributed by atoms with Gasteiger partial charge in [0.1, 0.15) is 0 Å². The van der Waals surface area contributed by atoms with E-state index in [0.717, 1.165) is 25.0 Å². The smallest absolute Gasteiger partial charge is 0.312 e. The number of aryl methyl sites for hydroxylation is 1. The first-order chi connectivity index (χ1) is 8.57. The molecule has 18 heavy (non-hydrogen) atoms. The molecule has 1 unspecified atom stereocenters. The Morgan fingerprint density at radius 3 is 3.06 bits per heavy atom. The first-order valence-electron chi connectivity index (χ1n) is 6.68. The molecule has 1 atom stereocenters. The molecule has 2 rings (SSSR count). The Hall–Kier alpha value is -1.38. The number of rotatable bonds is 3. The molecule has 0 aromatic carbocycles. The Balaban J connectivity index is 2.32. The first-order valence-corrected chi connectivity index (χ1v) is 6.68. The summed E-state index contributed by atoms with van der Waals surface area (Å²) < 4.78 is 5.21. The van der Waals surface area contributed by atoms with Crippen molar-refractivity contribution in [3.05, 3.63) is 29.6 Å². The van der Waals surface area contributed by atoms with Crippen molar-refractivity contribution >= 4 is 5.97 Å². The topological polar surface area (TPSA) is 39.2 Å². The van der Waals surface area contributed by atoms with E-state index in [1.165, 1.54) is 5.56 Å². The van der Waals surface area contributed by atoms with Gasteiger partial charge in [-0.2, -0.15) is 0 Å². The molecule has 1 aliphatic carbocycles. The maximum atomic E-state index is 12.1. The highest BCUT2D eigenvalue weighted by Gasteiger charge is 2.41. The van der Waals surface area contributed by atoms with Crippen LogP contribution in [0.25, 0.3) is 0 Å². The molecule has 0 N–H and O–H groups in total. The third-order valence-corrected chi connectivity index (χ3v) is 3.87. The van der Waals surface area contributed by atoms with Crippen LogP contribution in [0.1, 0.15) is 50.8 Å². The molecule has 3 heteroatoms. The maximum absolute atomic E-state index is 12.1. The van der Waals surface area contributed by atoms with Gasteiger partial charge in [0.2, 0.25) is 0 Å². The fourth-order valence-electron chi connectivity index (χ4n) is 2.77. The minimum atomic E-state index is -0.500. The van der Waals surface area contributed by atoms with Crippen LogP contribution in [0.5, 0.6) is 0 Å². The minimum absolute atomic E-state index is 0.117. The van der Waals surface area contributed by atoms with Gasteiger partial charge < -0.3 is 4.74 Å². The van der Waals surface area contributed by atoms with E-state index in [2.05, 4.69) is 11.1 Å². The maximum Gasteiger partial charge on any atom is 0.312 e. The van der Waals surface area contributed by atoms with Gasteiger partial charge in [-0.1, -0.05) is 6.07 Å². The van der Waals surface area contributed by atoms with Crippen molar-refractivity contribution in [3.8, 4) is 0 Å². The van der Waals surface area contributed by atoms with Crippen molar-refractivity contribution in [1.82, 2.24) is 4.98 Å². The third kappa shape index (κ3) is 2.26. The first kappa shape index (κ1) is 13.1. The minimum Gasteiger partial charge on any atom is -0.466 e. The summed E-state index contributed by atoms with van der Waals surface area (Å²) >= 11 is 0. The number of pyridine rings is 1. The number of carbonyl (C=O) groups is 1. The number of hydrogen-bond donors (Lipinski definition) is 0. The average Bonchev–Trinajstić information content (AvgIpc) is 2.38. The zero-order valence-corrected chi connectivity index (χ0v) is 11.4. The molecular weight excluding hydrogens is 226 g/mol. The van der Waals surface area contributed by atoms with Crippen LogP contribution in [0.3, 0.4) is 0 Å². The SMILES string of the molecule is CCOC(=O)C(C)(C)C1CCCc2cccnc21. The van der Waals surface area contributed by atoms with Gasteiger partial charge >= 0.3 is 5.97 Å². The van der Waals surface area contributed by atoms with E-state index in [9.17, 15) is 4.79 Å². The van der Waals surface area contributed by atoms with E-state index in [1.54, 1.807) is 0 Å². The normalized spacial score (nSPS) is 19.2. The molecule has 1 heterocycles. The molecule has 0 spiro atoms. The number of aromatic nitrogens is 1. The van der Waals surface area contributed by atoms with Crippen LogP contribution >= 0.6 is 0 Å². The van der Waals surface area contributed by atoms with Gasteiger partial charge in [-0.3, -0.25) is 9.78 Å².